The topological polar surface area (TPSA) is 20.9 Å². The normalized spacial score (nSPS) is 10.5. The summed E-state index contributed by atoms with van der Waals surface area (Å²) in [4.78, 5) is 12.4. The van der Waals surface area contributed by atoms with Crippen molar-refractivity contribution in [3.05, 3.63) is 63.4 Å². The highest BCUT2D eigenvalue weighted by molar-refractivity contribution is 9.10. The lowest BCUT2D eigenvalue weighted by Gasteiger charge is -2.05. The van der Waals surface area contributed by atoms with Gasteiger partial charge >= 0.3 is 0 Å². The molecule has 1 aromatic carbocycles. The van der Waals surface area contributed by atoms with Crippen LogP contribution in [0.2, 0.25) is 0 Å². The zero-order valence-corrected chi connectivity index (χ0v) is 13.0. The molecule has 0 aliphatic rings. The first-order valence-corrected chi connectivity index (χ1v) is 7.03. The first-order valence-electron chi connectivity index (χ1n) is 6.24. The molecule has 0 atom stereocenters. The van der Waals surface area contributed by atoms with E-state index in [4.69, 9.17) is 0 Å². The largest absolute Gasteiger partial charge is 0.287 e. The fourth-order valence-electron chi connectivity index (χ4n) is 2.14. The number of hydrogen-bond donors (Lipinski definition) is 0. The van der Waals surface area contributed by atoms with E-state index in [-0.39, 0.29) is 5.78 Å². The van der Waals surface area contributed by atoms with Gasteiger partial charge in [0.2, 0.25) is 12.3 Å². The SMILES string of the molecule is Cc1cc(C)c(C)[n+](CC(=O)c2ccccc2Br)c1. The Morgan fingerprint density at radius 3 is 2.58 bits per heavy atom. The number of ketones is 1. The van der Waals surface area contributed by atoms with Crippen LogP contribution in [0, 0.1) is 20.8 Å². The lowest BCUT2D eigenvalue weighted by atomic mass is 10.1. The van der Waals surface area contributed by atoms with Crippen LogP contribution in [0.3, 0.4) is 0 Å². The predicted octanol–water partition coefficient (Wildman–Crippen LogP) is 3.54. The van der Waals surface area contributed by atoms with E-state index in [0.29, 0.717) is 6.54 Å². The van der Waals surface area contributed by atoms with Crippen LogP contribution in [-0.2, 0) is 6.54 Å². The summed E-state index contributed by atoms with van der Waals surface area (Å²) in [7, 11) is 0. The van der Waals surface area contributed by atoms with Gasteiger partial charge < -0.3 is 0 Å². The minimum Gasteiger partial charge on any atom is -0.287 e. The van der Waals surface area contributed by atoms with Gasteiger partial charge in [-0.25, -0.2) is 0 Å². The first kappa shape index (κ1) is 13.9. The molecule has 1 aromatic heterocycles. The fourth-order valence-corrected chi connectivity index (χ4v) is 2.65. The Labute approximate surface area is 122 Å². The van der Waals surface area contributed by atoms with Crippen LogP contribution >= 0.6 is 15.9 Å². The molecule has 1 heterocycles. The van der Waals surface area contributed by atoms with Gasteiger partial charge in [0.25, 0.3) is 0 Å². The van der Waals surface area contributed by atoms with Crippen molar-refractivity contribution in [2.24, 2.45) is 0 Å². The van der Waals surface area contributed by atoms with Crippen molar-refractivity contribution in [3.8, 4) is 0 Å². The molecule has 0 bridgehead atoms. The van der Waals surface area contributed by atoms with Gasteiger partial charge in [-0.05, 0) is 26.0 Å². The van der Waals surface area contributed by atoms with E-state index >= 15 is 0 Å². The van der Waals surface area contributed by atoms with Crippen LogP contribution in [-0.4, -0.2) is 5.78 Å². The molecule has 0 saturated carbocycles. The maximum Gasteiger partial charge on any atom is 0.228 e. The van der Waals surface area contributed by atoms with Crippen molar-refractivity contribution in [3.63, 3.8) is 0 Å². The zero-order valence-electron chi connectivity index (χ0n) is 11.4. The number of hydrogen-bond acceptors (Lipinski definition) is 1. The van der Waals surface area contributed by atoms with Crippen molar-refractivity contribution < 1.29 is 9.36 Å². The molecule has 0 spiro atoms. The number of pyridine rings is 1. The molecule has 3 heteroatoms. The molecule has 0 unspecified atom stereocenters. The Morgan fingerprint density at radius 1 is 1.21 bits per heavy atom. The monoisotopic (exact) mass is 318 g/mol. The summed E-state index contributed by atoms with van der Waals surface area (Å²) >= 11 is 3.43. The summed E-state index contributed by atoms with van der Waals surface area (Å²) in [6.07, 6.45) is 2.02. The number of Topliss-reactive ketones (excluding diaryl/α,β-unsaturated/α-hetero) is 1. The Balaban J connectivity index is 2.32. The van der Waals surface area contributed by atoms with E-state index in [1.54, 1.807) is 0 Å². The smallest absolute Gasteiger partial charge is 0.228 e. The second-order valence-corrected chi connectivity index (χ2v) is 5.67. The summed E-state index contributed by atoms with van der Waals surface area (Å²) in [5.74, 6) is 0.116. The highest BCUT2D eigenvalue weighted by Crippen LogP contribution is 2.16. The Hall–Kier alpha value is -1.48. The molecule has 98 valence electrons. The maximum absolute atomic E-state index is 12.4. The first-order chi connectivity index (χ1) is 8.99. The molecular weight excluding hydrogens is 302 g/mol. The number of aryl methyl sites for hydroxylation is 2. The molecule has 2 rings (SSSR count). The minimum absolute atomic E-state index is 0.116. The molecule has 0 N–H and O–H groups in total. The standard InChI is InChI=1S/C16H17BrNO/c1-11-8-12(2)13(3)18(9-11)10-16(19)14-6-4-5-7-15(14)17/h4-9H,10H2,1-3H3/q+1. The summed E-state index contributed by atoms with van der Waals surface area (Å²) in [5.41, 5.74) is 4.24. The highest BCUT2D eigenvalue weighted by Gasteiger charge is 2.18. The number of halogens is 1. The average molecular weight is 319 g/mol. The van der Waals surface area contributed by atoms with Crippen LogP contribution in [0.15, 0.2) is 41.0 Å². The van der Waals surface area contributed by atoms with E-state index in [0.717, 1.165) is 15.7 Å². The minimum atomic E-state index is 0.116. The van der Waals surface area contributed by atoms with Crippen molar-refractivity contribution in [1.82, 2.24) is 0 Å². The number of carbonyl (C=O) groups excluding carboxylic acids is 1. The van der Waals surface area contributed by atoms with Crippen LogP contribution in [0.4, 0.5) is 0 Å². The molecule has 19 heavy (non-hydrogen) atoms. The molecule has 0 fully saturated rings. The third-order valence-electron chi connectivity index (χ3n) is 3.29. The number of aromatic nitrogens is 1. The molecule has 2 aromatic rings. The van der Waals surface area contributed by atoms with Crippen LogP contribution in [0.1, 0.15) is 27.2 Å². The van der Waals surface area contributed by atoms with Crippen molar-refractivity contribution in [1.29, 1.82) is 0 Å². The Bertz CT molecular complexity index is 635. The molecule has 0 radical (unpaired) electrons. The van der Waals surface area contributed by atoms with Gasteiger partial charge in [-0.1, -0.05) is 34.1 Å². The van der Waals surface area contributed by atoms with Crippen molar-refractivity contribution >= 4 is 21.7 Å². The number of rotatable bonds is 3. The van der Waals surface area contributed by atoms with E-state index in [1.165, 1.54) is 11.1 Å². The Kier molecular flexibility index (Phi) is 4.15. The van der Waals surface area contributed by atoms with Gasteiger partial charge in [-0.15, -0.1) is 0 Å². The van der Waals surface area contributed by atoms with Crippen LogP contribution in [0.5, 0.6) is 0 Å². The highest BCUT2D eigenvalue weighted by atomic mass is 79.9. The lowest BCUT2D eigenvalue weighted by Crippen LogP contribution is -2.41. The number of benzene rings is 1. The van der Waals surface area contributed by atoms with Crippen LogP contribution in [0.25, 0.3) is 0 Å². The maximum atomic E-state index is 12.4. The third kappa shape index (κ3) is 3.10. The van der Waals surface area contributed by atoms with E-state index in [2.05, 4.69) is 28.9 Å². The summed E-state index contributed by atoms with van der Waals surface area (Å²) in [6.45, 7) is 6.53. The number of nitrogens with zero attached hydrogens (tertiary/aromatic N) is 1. The van der Waals surface area contributed by atoms with Gasteiger partial charge in [0.1, 0.15) is 0 Å². The van der Waals surface area contributed by atoms with Crippen molar-refractivity contribution in [2.45, 2.75) is 27.3 Å². The van der Waals surface area contributed by atoms with Gasteiger partial charge in [0.15, 0.2) is 11.9 Å². The molecule has 2 nitrogen and oxygen atoms in total. The quantitative estimate of drug-likeness (QED) is 0.626. The molecular formula is C16H17BrNO+. The molecule has 0 saturated heterocycles. The van der Waals surface area contributed by atoms with E-state index in [1.807, 2.05) is 48.9 Å². The molecule has 0 aliphatic carbocycles. The van der Waals surface area contributed by atoms with Gasteiger partial charge in [0, 0.05) is 28.1 Å². The number of carbonyl (C=O) groups is 1. The van der Waals surface area contributed by atoms with Gasteiger partial charge in [0.05, 0.1) is 0 Å². The summed E-state index contributed by atoms with van der Waals surface area (Å²) in [5, 5.41) is 0. The Morgan fingerprint density at radius 2 is 1.89 bits per heavy atom. The summed E-state index contributed by atoms with van der Waals surface area (Å²) in [6, 6.07) is 9.68. The van der Waals surface area contributed by atoms with Crippen molar-refractivity contribution in [2.75, 3.05) is 0 Å². The predicted molar refractivity (Wildman–Crippen MR) is 79.3 cm³/mol. The molecule has 0 amide bonds. The van der Waals surface area contributed by atoms with E-state index in [9.17, 15) is 4.79 Å². The molecule has 0 aliphatic heterocycles. The lowest BCUT2D eigenvalue weighted by molar-refractivity contribution is -0.689. The average Bonchev–Trinajstić information content (AvgIpc) is 2.35. The summed E-state index contributed by atoms with van der Waals surface area (Å²) < 4.78 is 2.87. The fraction of sp³-hybridized carbons (Fsp3) is 0.250. The van der Waals surface area contributed by atoms with E-state index < -0.39 is 0 Å². The zero-order chi connectivity index (χ0) is 14.0. The van der Waals surface area contributed by atoms with Gasteiger partial charge in [-0.3, -0.25) is 4.79 Å². The van der Waals surface area contributed by atoms with Gasteiger partial charge in [-0.2, -0.15) is 4.57 Å². The third-order valence-corrected chi connectivity index (χ3v) is 3.98. The van der Waals surface area contributed by atoms with Crippen LogP contribution < -0.4 is 4.57 Å². The second-order valence-electron chi connectivity index (χ2n) is 4.82. The second kappa shape index (κ2) is 5.66.